The predicted octanol–water partition coefficient (Wildman–Crippen LogP) is 4.50. The maximum Gasteiger partial charge on any atom is 0.126 e. The first-order valence-corrected chi connectivity index (χ1v) is 6.79. The van der Waals surface area contributed by atoms with Gasteiger partial charge in [0.2, 0.25) is 0 Å². The van der Waals surface area contributed by atoms with Gasteiger partial charge in [-0.25, -0.2) is 0 Å². The van der Waals surface area contributed by atoms with Crippen LogP contribution < -0.4 is 0 Å². The first-order valence-electron chi connectivity index (χ1n) is 6.79. The van der Waals surface area contributed by atoms with Crippen molar-refractivity contribution in [3.05, 3.63) is 0 Å². The van der Waals surface area contributed by atoms with Crippen LogP contribution in [0.4, 0.5) is 0 Å². The zero-order chi connectivity index (χ0) is 11.0. The number of carbonyl (C=O) groups excluding carboxylic acids is 1. The van der Waals surface area contributed by atoms with Gasteiger partial charge in [-0.3, -0.25) is 0 Å². The van der Waals surface area contributed by atoms with Gasteiger partial charge in [0.25, 0.3) is 0 Å². The zero-order valence-corrected chi connectivity index (χ0v) is 10.3. The monoisotopic (exact) mass is 210 g/mol. The van der Waals surface area contributed by atoms with Crippen molar-refractivity contribution in [1.82, 2.24) is 0 Å². The molecule has 1 nitrogen and oxygen atoms in total. The molecule has 88 valence electrons. The fourth-order valence-electron chi connectivity index (χ4n) is 2.76. The quantitative estimate of drug-likeness (QED) is 0.447. The van der Waals surface area contributed by atoms with Crippen LogP contribution in [0.2, 0.25) is 0 Å². The Bertz CT molecular complexity index is 168. The highest BCUT2D eigenvalue weighted by Crippen LogP contribution is 2.38. The van der Waals surface area contributed by atoms with Crippen molar-refractivity contribution in [2.24, 2.45) is 5.41 Å². The molecule has 0 bridgehead atoms. The van der Waals surface area contributed by atoms with Gasteiger partial charge in [0.05, 0.1) is 0 Å². The SMILES string of the molecule is CCCCCCCC1(C=O)CCCCC1. The van der Waals surface area contributed by atoms with Crippen LogP contribution in [0.15, 0.2) is 0 Å². The van der Waals surface area contributed by atoms with Gasteiger partial charge in [0.15, 0.2) is 0 Å². The van der Waals surface area contributed by atoms with E-state index in [1.165, 1.54) is 57.7 Å². The lowest BCUT2D eigenvalue weighted by molar-refractivity contribution is -0.118. The molecule has 1 aliphatic rings. The van der Waals surface area contributed by atoms with E-state index in [1.54, 1.807) is 0 Å². The van der Waals surface area contributed by atoms with Crippen LogP contribution >= 0.6 is 0 Å². The van der Waals surface area contributed by atoms with Gasteiger partial charge in [-0.05, 0) is 19.3 Å². The molecule has 0 amide bonds. The lowest BCUT2D eigenvalue weighted by Gasteiger charge is -2.32. The summed E-state index contributed by atoms with van der Waals surface area (Å²) in [6.45, 7) is 2.24. The minimum atomic E-state index is 0.0878. The second-order valence-electron chi connectivity index (χ2n) is 5.21. The van der Waals surface area contributed by atoms with Crippen LogP contribution in [0, 0.1) is 5.41 Å². The summed E-state index contributed by atoms with van der Waals surface area (Å²) in [5.41, 5.74) is 0.0878. The summed E-state index contributed by atoms with van der Waals surface area (Å²) < 4.78 is 0. The summed E-state index contributed by atoms with van der Waals surface area (Å²) in [6, 6.07) is 0. The van der Waals surface area contributed by atoms with Gasteiger partial charge in [0, 0.05) is 5.41 Å². The molecular formula is C14H26O. The van der Waals surface area contributed by atoms with Crippen molar-refractivity contribution in [1.29, 1.82) is 0 Å². The van der Waals surface area contributed by atoms with E-state index in [2.05, 4.69) is 6.92 Å². The summed E-state index contributed by atoms with van der Waals surface area (Å²) >= 11 is 0. The maximum atomic E-state index is 11.2. The minimum absolute atomic E-state index is 0.0878. The molecule has 0 aliphatic heterocycles. The van der Waals surface area contributed by atoms with E-state index in [-0.39, 0.29) is 5.41 Å². The lowest BCUT2D eigenvalue weighted by atomic mass is 9.72. The van der Waals surface area contributed by atoms with Crippen LogP contribution in [0.5, 0.6) is 0 Å². The van der Waals surface area contributed by atoms with Gasteiger partial charge in [-0.15, -0.1) is 0 Å². The van der Waals surface area contributed by atoms with E-state index in [4.69, 9.17) is 0 Å². The molecule has 0 atom stereocenters. The fourth-order valence-corrected chi connectivity index (χ4v) is 2.76. The average molecular weight is 210 g/mol. The normalized spacial score (nSPS) is 20.1. The number of hydrogen-bond donors (Lipinski definition) is 0. The molecule has 0 aromatic heterocycles. The Labute approximate surface area is 94.6 Å². The Hall–Kier alpha value is -0.330. The molecule has 0 aromatic rings. The van der Waals surface area contributed by atoms with Gasteiger partial charge in [-0.1, -0.05) is 58.3 Å². The Kier molecular flexibility index (Phi) is 5.97. The van der Waals surface area contributed by atoms with Gasteiger partial charge in [0.1, 0.15) is 6.29 Å². The second kappa shape index (κ2) is 7.03. The van der Waals surface area contributed by atoms with Gasteiger partial charge in [-0.2, -0.15) is 0 Å². The molecule has 1 heteroatoms. The number of rotatable bonds is 7. The van der Waals surface area contributed by atoms with E-state index < -0.39 is 0 Å². The largest absolute Gasteiger partial charge is 0.303 e. The predicted molar refractivity (Wildman–Crippen MR) is 65.0 cm³/mol. The highest BCUT2D eigenvalue weighted by Gasteiger charge is 2.30. The van der Waals surface area contributed by atoms with Crippen LogP contribution in [0.1, 0.15) is 77.6 Å². The zero-order valence-electron chi connectivity index (χ0n) is 10.3. The number of unbranched alkanes of at least 4 members (excludes halogenated alkanes) is 4. The first kappa shape index (κ1) is 12.7. The summed E-state index contributed by atoms with van der Waals surface area (Å²) in [5, 5.41) is 0. The van der Waals surface area contributed by atoms with E-state index in [0.717, 1.165) is 19.3 Å². The molecule has 1 aliphatic carbocycles. The van der Waals surface area contributed by atoms with Gasteiger partial charge < -0.3 is 4.79 Å². The van der Waals surface area contributed by atoms with E-state index in [9.17, 15) is 4.79 Å². The third-order valence-electron chi connectivity index (χ3n) is 3.88. The molecule has 0 spiro atoms. The fraction of sp³-hybridized carbons (Fsp3) is 0.929. The number of hydrogen-bond acceptors (Lipinski definition) is 1. The van der Waals surface area contributed by atoms with Crippen molar-refractivity contribution < 1.29 is 4.79 Å². The third kappa shape index (κ3) is 4.36. The highest BCUT2D eigenvalue weighted by atomic mass is 16.1. The average Bonchev–Trinajstić information content (AvgIpc) is 2.30. The molecule has 0 unspecified atom stereocenters. The van der Waals surface area contributed by atoms with Crippen molar-refractivity contribution in [3.8, 4) is 0 Å². The van der Waals surface area contributed by atoms with E-state index in [0.29, 0.717) is 0 Å². The lowest BCUT2D eigenvalue weighted by Crippen LogP contribution is -2.25. The Morgan fingerprint density at radius 1 is 1.00 bits per heavy atom. The van der Waals surface area contributed by atoms with E-state index >= 15 is 0 Å². The highest BCUT2D eigenvalue weighted by molar-refractivity contribution is 5.59. The van der Waals surface area contributed by atoms with Gasteiger partial charge >= 0.3 is 0 Å². The Morgan fingerprint density at radius 2 is 1.67 bits per heavy atom. The van der Waals surface area contributed by atoms with Crippen molar-refractivity contribution in [2.75, 3.05) is 0 Å². The summed E-state index contributed by atoms with van der Waals surface area (Å²) in [4.78, 5) is 11.2. The van der Waals surface area contributed by atoms with Crippen LogP contribution in [0.3, 0.4) is 0 Å². The first-order chi connectivity index (χ1) is 7.33. The molecule has 15 heavy (non-hydrogen) atoms. The minimum Gasteiger partial charge on any atom is -0.303 e. The Morgan fingerprint density at radius 3 is 2.27 bits per heavy atom. The van der Waals surface area contributed by atoms with Crippen LogP contribution in [0.25, 0.3) is 0 Å². The molecule has 0 N–H and O–H groups in total. The summed E-state index contributed by atoms with van der Waals surface area (Å²) in [6.07, 6.45) is 15.2. The van der Waals surface area contributed by atoms with Crippen LogP contribution in [-0.2, 0) is 4.79 Å². The molecule has 1 fully saturated rings. The molecule has 0 aromatic carbocycles. The molecule has 0 saturated heterocycles. The van der Waals surface area contributed by atoms with Crippen molar-refractivity contribution in [2.45, 2.75) is 77.6 Å². The smallest absolute Gasteiger partial charge is 0.126 e. The molecular weight excluding hydrogens is 184 g/mol. The molecule has 0 heterocycles. The Balaban J connectivity index is 2.18. The standard InChI is InChI=1S/C14H26O/c1-2-3-4-5-7-10-14(13-15)11-8-6-9-12-14/h13H,2-12H2,1H3. The number of aldehydes is 1. The topological polar surface area (TPSA) is 17.1 Å². The number of carbonyl (C=O) groups is 1. The van der Waals surface area contributed by atoms with Crippen molar-refractivity contribution in [3.63, 3.8) is 0 Å². The molecule has 0 radical (unpaired) electrons. The third-order valence-corrected chi connectivity index (χ3v) is 3.88. The molecule has 1 rings (SSSR count). The summed E-state index contributed by atoms with van der Waals surface area (Å²) in [7, 11) is 0. The van der Waals surface area contributed by atoms with E-state index in [1.807, 2.05) is 0 Å². The van der Waals surface area contributed by atoms with Crippen molar-refractivity contribution >= 4 is 6.29 Å². The maximum absolute atomic E-state index is 11.2. The summed E-state index contributed by atoms with van der Waals surface area (Å²) in [5.74, 6) is 0. The molecule has 1 saturated carbocycles. The van der Waals surface area contributed by atoms with Crippen LogP contribution in [-0.4, -0.2) is 6.29 Å². The second-order valence-corrected chi connectivity index (χ2v) is 5.21.